The fourth-order valence-electron chi connectivity index (χ4n) is 1.87. The molecule has 2 rings (SSSR count). The van der Waals surface area contributed by atoms with E-state index in [1.807, 2.05) is 0 Å². The molecule has 0 bridgehead atoms. The lowest BCUT2D eigenvalue weighted by Crippen LogP contribution is -2.22. The zero-order chi connectivity index (χ0) is 15.4. The molecule has 0 amide bonds. The van der Waals surface area contributed by atoms with Crippen molar-refractivity contribution < 1.29 is 20.1 Å². The Morgan fingerprint density at radius 1 is 1.33 bits per heavy atom. The Balaban J connectivity index is 2.32. The number of aliphatic hydroxyl groups is 2. The minimum atomic E-state index is -1.19. The van der Waals surface area contributed by atoms with Gasteiger partial charge in [-0.05, 0) is 17.7 Å². The van der Waals surface area contributed by atoms with E-state index in [0.29, 0.717) is 10.7 Å². The fourth-order valence-corrected chi connectivity index (χ4v) is 2.00. The minimum absolute atomic E-state index is 0.0281. The van der Waals surface area contributed by atoms with Gasteiger partial charge in [0.15, 0.2) is 5.69 Å². The van der Waals surface area contributed by atoms with Crippen LogP contribution in [0.1, 0.15) is 21.7 Å². The number of halogens is 1. The normalized spacial score (nSPS) is 12.3. The van der Waals surface area contributed by atoms with Crippen LogP contribution >= 0.6 is 11.6 Å². The van der Waals surface area contributed by atoms with Gasteiger partial charge in [-0.1, -0.05) is 28.9 Å². The van der Waals surface area contributed by atoms with Crippen molar-refractivity contribution in [1.29, 1.82) is 0 Å². The number of nitrogens with zero attached hydrogens (tertiary/aromatic N) is 3. The Labute approximate surface area is 125 Å². The maximum atomic E-state index is 11.2. The molecule has 1 heterocycles. The fraction of sp³-hybridized carbons (Fsp3) is 0.308. The summed E-state index contributed by atoms with van der Waals surface area (Å²) in [5.41, 5.74) is 1.02. The first-order valence-electron chi connectivity index (χ1n) is 6.20. The molecule has 7 nitrogen and oxygen atoms in total. The van der Waals surface area contributed by atoms with Gasteiger partial charge in [0.2, 0.25) is 0 Å². The molecule has 2 aromatic rings. The monoisotopic (exact) mass is 311 g/mol. The highest BCUT2D eigenvalue weighted by atomic mass is 35.5. The highest BCUT2D eigenvalue weighted by Gasteiger charge is 2.20. The van der Waals surface area contributed by atoms with Gasteiger partial charge in [0.05, 0.1) is 24.9 Å². The van der Waals surface area contributed by atoms with Gasteiger partial charge < -0.3 is 15.3 Å². The Morgan fingerprint density at radius 2 is 2.00 bits per heavy atom. The van der Waals surface area contributed by atoms with Crippen molar-refractivity contribution in [1.82, 2.24) is 15.0 Å². The summed E-state index contributed by atoms with van der Waals surface area (Å²) in [5, 5.41) is 35.4. The second-order valence-electron chi connectivity index (χ2n) is 4.51. The third kappa shape index (κ3) is 3.78. The van der Waals surface area contributed by atoms with Gasteiger partial charge >= 0.3 is 5.97 Å². The predicted molar refractivity (Wildman–Crippen MR) is 74.3 cm³/mol. The summed E-state index contributed by atoms with van der Waals surface area (Å²) in [6.07, 6.45) is -0.749. The molecule has 0 aliphatic rings. The van der Waals surface area contributed by atoms with Crippen molar-refractivity contribution in [2.24, 2.45) is 0 Å². The number of carboxylic acid groups (broad SMARTS) is 1. The first-order chi connectivity index (χ1) is 10.0. The summed E-state index contributed by atoms with van der Waals surface area (Å²) in [6, 6.07) is 6.95. The van der Waals surface area contributed by atoms with Crippen LogP contribution in [-0.4, -0.2) is 49.0 Å². The molecule has 8 heteroatoms. The van der Waals surface area contributed by atoms with E-state index in [0.717, 1.165) is 5.56 Å². The highest BCUT2D eigenvalue weighted by molar-refractivity contribution is 6.30. The summed E-state index contributed by atoms with van der Waals surface area (Å²) in [4.78, 5) is 11.2. The maximum absolute atomic E-state index is 11.2. The molecule has 112 valence electrons. The van der Waals surface area contributed by atoms with Gasteiger partial charge in [0.25, 0.3) is 0 Å². The van der Waals surface area contributed by atoms with Gasteiger partial charge in [0, 0.05) is 11.4 Å². The predicted octanol–water partition coefficient (Wildman–Crippen LogP) is 0.574. The standard InChI is InChI=1S/C13H14ClN3O4/c14-9-3-1-8(2-4-9)5-11-12(13(20)21)15-16-17(11)6-10(19)7-18/h1-4,10,18-19H,5-7H2,(H,20,21). The van der Waals surface area contributed by atoms with Gasteiger partial charge in [-0.2, -0.15) is 0 Å². The van der Waals surface area contributed by atoms with Gasteiger partial charge in [-0.3, -0.25) is 0 Å². The van der Waals surface area contributed by atoms with Crippen molar-refractivity contribution in [2.45, 2.75) is 19.1 Å². The molecule has 3 N–H and O–H groups in total. The molecule has 0 saturated heterocycles. The lowest BCUT2D eigenvalue weighted by molar-refractivity contribution is 0.0687. The van der Waals surface area contributed by atoms with E-state index in [-0.39, 0.29) is 18.7 Å². The third-order valence-corrected chi connectivity index (χ3v) is 3.17. The number of hydrogen-bond acceptors (Lipinski definition) is 5. The average molecular weight is 312 g/mol. The number of aromatic nitrogens is 3. The summed E-state index contributed by atoms with van der Waals surface area (Å²) in [7, 11) is 0. The first-order valence-corrected chi connectivity index (χ1v) is 6.58. The smallest absolute Gasteiger partial charge is 0.358 e. The molecule has 0 fully saturated rings. The SMILES string of the molecule is O=C(O)c1nnn(CC(O)CO)c1Cc1ccc(Cl)cc1. The van der Waals surface area contributed by atoms with E-state index < -0.39 is 18.7 Å². The van der Waals surface area contributed by atoms with Crippen molar-refractivity contribution in [2.75, 3.05) is 6.61 Å². The largest absolute Gasteiger partial charge is 0.476 e. The van der Waals surface area contributed by atoms with Crippen LogP contribution in [-0.2, 0) is 13.0 Å². The zero-order valence-corrected chi connectivity index (χ0v) is 11.7. The molecule has 0 aliphatic carbocycles. The van der Waals surface area contributed by atoms with Gasteiger partial charge in [-0.15, -0.1) is 5.10 Å². The lowest BCUT2D eigenvalue weighted by Gasteiger charge is -2.10. The van der Waals surface area contributed by atoms with Crippen LogP contribution in [0.2, 0.25) is 5.02 Å². The number of aliphatic hydroxyl groups excluding tert-OH is 2. The van der Waals surface area contributed by atoms with Crippen LogP contribution in [0.25, 0.3) is 0 Å². The van der Waals surface area contributed by atoms with E-state index in [9.17, 15) is 9.90 Å². The van der Waals surface area contributed by atoms with Crippen LogP contribution in [0.5, 0.6) is 0 Å². The van der Waals surface area contributed by atoms with Gasteiger partial charge in [0.1, 0.15) is 0 Å². The molecule has 1 aromatic carbocycles. The molecule has 1 unspecified atom stereocenters. The van der Waals surface area contributed by atoms with Crippen LogP contribution in [0, 0.1) is 0 Å². The number of benzene rings is 1. The van der Waals surface area contributed by atoms with E-state index >= 15 is 0 Å². The zero-order valence-electron chi connectivity index (χ0n) is 11.0. The summed E-state index contributed by atoms with van der Waals surface area (Å²) >= 11 is 5.81. The third-order valence-electron chi connectivity index (χ3n) is 2.92. The van der Waals surface area contributed by atoms with Gasteiger partial charge in [-0.25, -0.2) is 9.48 Å². The van der Waals surface area contributed by atoms with E-state index in [1.54, 1.807) is 24.3 Å². The lowest BCUT2D eigenvalue weighted by atomic mass is 10.1. The molecule has 1 atom stereocenters. The molecular weight excluding hydrogens is 298 g/mol. The van der Waals surface area contributed by atoms with E-state index in [4.69, 9.17) is 21.8 Å². The number of rotatable bonds is 6. The second kappa shape index (κ2) is 6.66. The second-order valence-corrected chi connectivity index (χ2v) is 4.95. The Morgan fingerprint density at radius 3 is 2.57 bits per heavy atom. The molecule has 21 heavy (non-hydrogen) atoms. The number of carbonyl (C=O) groups is 1. The quantitative estimate of drug-likeness (QED) is 0.720. The van der Waals surface area contributed by atoms with E-state index in [1.165, 1.54) is 4.68 Å². The van der Waals surface area contributed by atoms with Crippen molar-refractivity contribution >= 4 is 17.6 Å². The summed E-state index contributed by atoms with van der Waals surface area (Å²) in [5.74, 6) is -1.19. The Hall–Kier alpha value is -1.96. The molecule has 0 saturated carbocycles. The van der Waals surface area contributed by atoms with Crippen LogP contribution < -0.4 is 0 Å². The van der Waals surface area contributed by atoms with E-state index in [2.05, 4.69) is 10.3 Å². The first kappa shape index (κ1) is 15.4. The maximum Gasteiger partial charge on any atom is 0.358 e. The minimum Gasteiger partial charge on any atom is -0.476 e. The van der Waals surface area contributed by atoms with Crippen molar-refractivity contribution in [3.8, 4) is 0 Å². The number of aromatic carboxylic acids is 1. The molecular formula is C13H14ClN3O4. The molecule has 0 spiro atoms. The van der Waals surface area contributed by atoms with Crippen molar-refractivity contribution in [3.05, 3.63) is 46.2 Å². The molecule has 0 aliphatic heterocycles. The average Bonchev–Trinajstić information content (AvgIpc) is 2.84. The van der Waals surface area contributed by atoms with Crippen LogP contribution in [0.15, 0.2) is 24.3 Å². The molecule has 1 aromatic heterocycles. The molecule has 0 radical (unpaired) electrons. The van der Waals surface area contributed by atoms with Crippen molar-refractivity contribution in [3.63, 3.8) is 0 Å². The topological polar surface area (TPSA) is 108 Å². The van der Waals surface area contributed by atoms with Crippen LogP contribution in [0.3, 0.4) is 0 Å². The summed E-state index contributed by atoms with van der Waals surface area (Å²) < 4.78 is 1.29. The number of hydrogen-bond donors (Lipinski definition) is 3. The number of carboxylic acids is 1. The van der Waals surface area contributed by atoms with Crippen LogP contribution in [0.4, 0.5) is 0 Å². The Kier molecular flexibility index (Phi) is 4.89. The highest BCUT2D eigenvalue weighted by Crippen LogP contribution is 2.16. The Bertz CT molecular complexity index is 627. The summed E-state index contributed by atoms with van der Waals surface area (Å²) in [6.45, 7) is -0.470.